The van der Waals surface area contributed by atoms with E-state index >= 15 is 0 Å². The molecule has 1 aliphatic rings. The minimum absolute atomic E-state index is 0. The van der Waals surface area contributed by atoms with Gasteiger partial charge in [0, 0.05) is 59.6 Å². The first-order chi connectivity index (χ1) is 24.5. The maximum atomic E-state index is 12.2. The van der Waals surface area contributed by atoms with Gasteiger partial charge in [0.05, 0.1) is 5.39 Å². The number of aromatic nitrogens is 2. The molecule has 0 bridgehead atoms. The molecule has 3 heterocycles. The molecule has 0 saturated heterocycles. The molecular weight excluding hydrogens is 837 g/mol. The van der Waals surface area contributed by atoms with Crippen LogP contribution in [0.4, 0.5) is 0 Å². The van der Waals surface area contributed by atoms with E-state index in [4.69, 9.17) is 14.1 Å². The van der Waals surface area contributed by atoms with Gasteiger partial charge in [0.1, 0.15) is 29.5 Å². The fraction of sp³-hybridized carbons (Fsp3) is 0.500. The van der Waals surface area contributed by atoms with E-state index in [2.05, 4.69) is 95.1 Å². The molecule has 1 radical (unpaired) electrons. The molecule has 2 aromatic heterocycles. The summed E-state index contributed by atoms with van der Waals surface area (Å²) in [5.41, 5.74) is 5.05. The molecule has 7 heteroatoms. The summed E-state index contributed by atoms with van der Waals surface area (Å²) in [6.45, 7) is 25.5. The Labute approximate surface area is 330 Å². The van der Waals surface area contributed by atoms with Crippen molar-refractivity contribution in [1.82, 2.24) is 9.97 Å². The van der Waals surface area contributed by atoms with Gasteiger partial charge in [-0.25, -0.2) is 4.98 Å². The summed E-state index contributed by atoms with van der Waals surface area (Å²) in [4.78, 5) is 21.5. The van der Waals surface area contributed by atoms with Crippen molar-refractivity contribution >= 4 is 38.6 Å². The van der Waals surface area contributed by atoms with E-state index < -0.39 is 0 Å². The number of hydrogen-bond acceptors (Lipinski definition) is 6. The predicted octanol–water partition coefficient (Wildman–Crippen LogP) is 12.9. The van der Waals surface area contributed by atoms with Crippen LogP contribution < -0.4 is 4.74 Å². The number of furan rings is 1. The van der Waals surface area contributed by atoms with Crippen molar-refractivity contribution in [2.75, 3.05) is 0 Å². The van der Waals surface area contributed by atoms with Crippen molar-refractivity contribution in [3.63, 3.8) is 0 Å². The number of fused-ring (bicyclic) bond motifs is 6. The number of aliphatic hydroxyl groups excluding tert-OH is 1. The van der Waals surface area contributed by atoms with Crippen LogP contribution in [0.15, 0.2) is 65.0 Å². The van der Waals surface area contributed by atoms with Gasteiger partial charge in [-0.15, -0.1) is 29.1 Å². The number of nitrogens with zero attached hydrogens (tertiary/aromatic N) is 2. The van der Waals surface area contributed by atoms with E-state index in [0.717, 1.165) is 70.9 Å². The van der Waals surface area contributed by atoms with Crippen molar-refractivity contribution in [2.45, 2.75) is 133 Å². The summed E-state index contributed by atoms with van der Waals surface area (Å²) in [7, 11) is 0. The summed E-state index contributed by atoms with van der Waals surface area (Å²) in [6.07, 6.45) is 7.55. The van der Waals surface area contributed by atoms with Crippen LogP contribution in [-0.4, -0.2) is 27.0 Å². The Morgan fingerprint density at radius 3 is 2.17 bits per heavy atom. The Balaban J connectivity index is 0.000000299. The fourth-order valence-electron chi connectivity index (χ4n) is 7.31. The van der Waals surface area contributed by atoms with E-state index in [1.165, 1.54) is 22.6 Å². The molecule has 1 N–H and O–H groups in total. The summed E-state index contributed by atoms with van der Waals surface area (Å²) in [6, 6.07) is 18.6. The Bertz CT molecular complexity index is 2100. The third-order valence-corrected chi connectivity index (χ3v) is 11.9. The number of carbonyl (C=O) groups excluding carboxylic acids is 1. The summed E-state index contributed by atoms with van der Waals surface area (Å²) < 4.78 is 12.7. The first kappa shape index (κ1) is 42.2. The topological polar surface area (TPSA) is 85.5 Å². The third kappa shape index (κ3) is 8.27. The van der Waals surface area contributed by atoms with Gasteiger partial charge >= 0.3 is 0 Å². The molecule has 3 aromatic carbocycles. The number of allylic oxidation sites excluding steroid dienone is 2. The maximum absolute atomic E-state index is 12.2. The molecular formula is C46H59IrN2O4-. The zero-order chi connectivity index (χ0) is 38.2. The minimum Gasteiger partial charge on any atom is -0.512 e. The standard InChI is InChI=1S/C31H31N2O2.C15H28O2.Ir/c1-17(2)13-23-18(3)34-29-22(23)11-12-25-26(29)27-28(32-16-33-30(27)35-25)20-14-19-9-7-8-10-21(19)24(15-20)31(4,5)6;1-7-14(5,8-2)12(16)11-13(17)15(6,9-3)10-4;/h7-12,15-18,23H,13H2,1-6H3;11,16H,7-10H2,1-6H3;/q-1;;/b;12-11-;. The molecule has 0 aliphatic carbocycles. The van der Waals surface area contributed by atoms with Gasteiger partial charge in [-0.2, -0.15) is 0 Å². The molecule has 2 unspecified atom stereocenters. The van der Waals surface area contributed by atoms with E-state index in [0.29, 0.717) is 17.5 Å². The predicted molar refractivity (Wildman–Crippen MR) is 215 cm³/mol. The van der Waals surface area contributed by atoms with Crippen LogP contribution in [0.3, 0.4) is 0 Å². The smallest absolute Gasteiger partial charge is 0.223 e. The number of ketones is 1. The second-order valence-corrected chi connectivity index (χ2v) is 16.7. The molecule has 6 rings (SSSR count). The van der Waals surface area contributed by atoms with Crippen molar-refractivity contribution in [3.05, 3.63) is 77.8 Å². The largest absolute Gasteiger partial charge is 0.512 e. The Morgan fingerprint density at radius 2 is 1.57 bits per heavy atom. The van der Waals surface area contributed by atoms with Gasteiger partial charge in [-0.3, -0.25) is 9.78 Å². The minimum atomic E-state index is -0.337. The summed E-state index contributed by atoms with van der Waals surface area (Å²) in [5, 5.41) is 14.3. The molecule has 1 aliphatic heterocycles. The first-order valence-electron chi connectivity index (χ1n) is 19.3. The number of aliphatic hydroxyl groups is 1. The Morgan fingerprint density at radius 1 is 0.925 bits per heavy atom. The molecule has 5 aromatic rings. The molecule has 53 heavy (non-hydrogen) atoms. The molecule has 0 saturated carbocycles. The first-order valence-corrected chi connectivity index (χ1v) is 19.3. The number of rotatable bonds is 10. The van der Waals surface area contributed by atoms with E-state index in [9.17, 15) is 9.90 Å². The van der Waals surface area contributed by atoms with Gasteiger partial charge in [-0.1, -0.05) is 111 Å². The molecule has 0 fully saturated rings. The van der Waals surface area contributed by atoms with Gasteiger partial charge < -0.3 is 14.3 Å². The summed E-state index contributed by atoms with van der Waals surface area (Å²) >= 11 is 0. The molecule has 0 spiro atoms. The van der Waals surface area contributed by atoms with Crippen LogP contribution in [0.2, 0.25) is 0 Å². The van der Waals surface area contributed by atoms with E-state index in [-0.39, 0.29) is 54.0 Å². The van der Waals surface area contributed by atoms with Crippen LogP contribution in [0, 0.1) is 22.8 Å². The number of carbonyl (C=O) groups is 1. The normalized spacial score (nSPS) is 16.4. The zero-order valence-corrected chi connectivity index (χ0v) is 36.3. The second kappa shape index (κ2) is 16.4. The molecule has 287 valence electrons. The van der Waals surface area contributed by atoms with Gasteiger partial charge in [-0.05, 0) is 56.4 Å². The van der Waals surface area contributed by atoms with Gasteiger partial charge in [0.25, 0.3) is 0 Å². The van der Waals surface area contributed by atoms with Crippen molar-refractivity contribution in [1.29, 1.82) is 0 Å². The van der Waals surface area contributed by atoms with Crippen molar-refractivity contribution in [2.24, 2.45) is 16.7 Å². The average molecular weight is 896 g/mol. The number of hydrogen-bond donors (Lipinski definition) is 1. The summed E-state index contributed by atoms with van der Waals surface area (Å²) in [5.74, 6) is 2.17. The second-order valence-electron chi connectivity index (χ2n) is 16.7. The zero-order valence-electron chi connectivity index (χ0n) is 33.9. The number of benzene rings is 3. The quantitative estimate of drug-likeness (QED) is 0.0854. The maximum Gasteiger partial charge on any atom is 0.223 e. The van der Waals surface area contributed by atoms with Crippen LogP contribution >= 0.6 is 0 Å². The van der Waals surface area contributed by atoms with Crippen molar-refractivity contribution in [3.8, 4) is 17.0 Å². The monoisotopic (exact) mass is 896 g/mol. The van der Waals surface area contributed by atoms with Gasteiger partial charge in [0.2, 0.25) is 5.71 Å². The SMILES string of the molecule is CC(C)CC1c2ccc3oc4ncnc(-c5[c-]c6ccccc6c(C(C)(C)C)c5)c4c3c2OC1C.CCC(C)(CC)C(=O)/C=C(\O)C(C)(CC)CC.[Ir]. The fourth-order valence-corrected chi connectivity index (χ4v) is 7.31. The number of ether oxygens (including phenoxy) is 1. The van der Waals surface area contributed by atoms with Crippen LogP contribution in [0.5, 0.6) is 5.75 Å². The molecule has 0 amide bonds. The molecule has 2 atom stereocenters. The van der Waals surface area contributed by atoms with Crippen LogP contribution in [0.1, 0.15) is 132 Å². The van der Waals surface area contributed by atoms with E-state index in [1.54, 1.807) is 6.33 Å². The molecule has 6 nitrogen and oxygen atoms in total. The van der Waals surface area contributed by atoms with Crippen LogP contribution in [-0.2, 0) is 30.3 Å². The third-order valence-electron chi connectivity index (χ3n) is 11.9. The van der Waals surface area contributed by atoms with Gasteiger partial charge in [0.15, 0.2) is 5.78 Å². The average Bonchev–Trinajstić information content (AvgIpc) is 3.66. The Kier molecular flexibility index (Phi) is 13.1. The van der Waals surface area contributed by atoms with Crippen LogP contribution in [0.25, 0.3) is 44.1 Å². The van der Waals surface area contributed by atoms with Crippen molar-refractivity contribution < 1.29 is 39.2 Å². The van der Waals surface area contributed by atoms with E-state index in [1.807, 2.05) is 41.5 Å². The Hall–Kier alpha value is -3.54.